The van der Waals surface area contributed by atoms with Crippen LogP contribution in [0.3, 0.4) is 0 Å². The summed E-state index contributed by atoms with van der Waals surface area (Å²) in [6, 6.07) is 2.69. The lowest BCUT2D eigenvalue weighted by molar-refractivity contribution is -0.0158. The Morgan fingerprint density at radius 3 is 2.65 bits per heavy atom. The summed E-state index contributed by atoms with van der Waals surface area (Å²) in [6.07, 6.45) is 11.1. The highest BCUT2D eigenvalue weighted by Gasteiger charge is 2.32. The molecule has 1 saturated carbocycles. The Kier molecular flexibility index (Phi) is 4.13. The molecule has 3 rings (SSSR count). The van der Waals surface area contributed by atoms with E-state index in [2.05, 4.69) is 28.9 Å². The molecule has 1 saturated heterocycles. The summed E-state index contributed by atoms with van der Waals surface area (Å²) in [4.78, 5) is 2.29. The molecule has 4 heteroatoms. The van der Waals surface area contributed by atoms with Crippen LogP contribution in [0.1, 0.15) is 56.7 Å². The van der Waals surface area contributed by atoms with E-state index in [1.807, 2.05) is 0 Å². The van der Waals surface area contributed by atoms with Crippen LogP contribution < -0.4 is 0 Å². The number of piperidine rings is 1. The molecule has 0 bridgehead atoms. The fourth-order valence-corrected chi connectivity index (χ4v) is 3.57. The van der Waals surface area contributed by atoms with E-state index in [1.54, 1.807) is 0 Å². The van der Waals surface area contributed by atoms with Gasteiger partial charge in [-0.25, -0.2) is 0 Å². The van der Waals surface area contributed by atoms with Gasteiger partial charge in [0.2, 0.25) is 0 Å². The molecule has 112 valence electrons. The Balaban J connectivity index is 1.62. The maximum Gasteiger partial charge on any atom is 0.0728 e. The molecule has 20 heavy (non-hydrogen) atoms. The summed E-state index contributed by atoms with van der Waals surface area (Å²) in [5.74, 6) is 0. The van der Waals surface area contributed by atoms with Crippen molar-refractivity contribution in [2.45, 2.75) is 63.0 Å². The van der Waals surface area contributed by atoms with Crippen LogP contribution in [-0.2, 0) is 6.42 Å². The van der Waals surface area contributed by atoms with Crippen molar-refractivity contribution < 1.29 is 5.11 Å². The lowest BCUT2D eigenvalue weighted by atomic mass is 9.87. The number of rotatable bonds is 3. The van der Waals surface area contributed by atoms with E-state index in [0.29, 0.717) is 12.5 Å². The third kappa shape index (κ3) is 3.23. The Morgan fingerprint density at radius 1 is 1.25 bits per heavy atom. The normalized spacial score (nSPS) is 24.9. The van der Waals surface area contributed by atoms with E-state index in [9.17, 15) is 5.11 Å². The first kappa shape index (κ1) is 14.1. The monoisotopic (exact) mass is 277 g/mol. The van der Waals surface area contributed by atoms with E-state index in [4.69, 9.17) is 5.10 Å². The number of nitrogens with zero attached hydrogens (tertiary/aromatic N) is 3. The third-order valence-corrected chi connectivity index (χ3v) is 5.04. The second kappa shape index (κ2) is 5.86. The molecule has 1 aromatic rings. The van der Waals surface area contributed by atoms with Crippen LogP contribution in [0.5, 0.6) is 0 Å². The van der Waals surface area contributed by atoms with Gasteiger partial charge in [-0.15, -0.1) is 0 Å². The molecule has 1 aliphatic heterocycles. The van der Waals surface area contributed by atoms with E-state index in [1.165, 1.54) is 32.1 Å². The predicted molar refractivity (Wildman–Crippen MR) is 79.7 cm³/mol. The molecule has 2 fully saturated rings. The predicted octanol–water partition coefficient (Wildman–Crippen LogP) is 2.39. The molecular weight excluding hydrogens is 250 g/mol. The molecule has 1 aliphatic carbocycles. The summed E-state index contributed by atoms with van der Waals surface area (Å²) in [6.45, 7) is 1.97. The summed E-state index contributed by atoms with van der Waals surface area (Å²) in [5, 5.41) is 15.4. The molecule has 0 spiro atoms. The highest BCUT2D eigenvalue weighted by atomic mass is 16.3. The number of likely N-dealkylation sites (tertiary alicyclic amines) is 1. The van der Waals surface area contributed by atoms with Crippen molar-refractivity contribution in [2.75, 3.05) is 20.1 Å². The molecule has 1 aromatic heterocycles. The van der Waals surface area contributed by atoms with Crippen LogP contribution in [0.25, 0.3) is 0 Å². The number of hydrogen-bond donors (Lipinski definition) is 1. The van der Waals surface area contributed by atoms with Gasteiger partial charge >= 0.3 is 0 Å². The van der Waals surface area contributed by atoms with E-state index in [0.717, 1.165) is 31.6 Å². The minimum atomic E-state index is -0.543. The zero-order chi connectivity index (χ0) is 14.0. The van der Waals surface area contributed by atoms with Gasteiger partial charge in [0.1, 0.15) is 0 Å². The average molecular weight is 277 g/mol. The Morgan fingerprint density at radius 2 is 1.95 bits per heavy atom. The average Bonchev–Trinajstić information content (AvgIpc) is 2.92. The molecule has 1 N–H and O–H groups in total. The van der Waals surface area contributed by atoms with E-state index < -0.39 is 5.60 Å². The number of hydrogen-bond acceptors (Lipinski definition) is 3. The molecule has 0 atom stereocenters. The van der Waals surface area contributed by atoms with Gasteiger partial charge in [0.25, 0.3) is 0 Å². The van der Waals surface area contributed by atoms with Crippen molar-refractivity contribution in [3.63, 3.8) is 0 Å². The summed E-state index contributed by atoms with van der Waals surface area (Å²) in [5.41, 5.74) is 0.515. The summed E-state index contributed by atoms with van der Waals surface area (Å²) < 4.78 is 2.15. The maximum absolute atomic E-state index is 10.7. The molecule has 4 nitrogen and oxygen atoms in total. The second-order valence-corrected chi connectivity index (χ2v) is 6.78. The lowest BCUT2D eigenvalue weighted by Crippen LogP contribution is -2.44. The highest BCUT2D eigenvalue weighted by Crippen LogP contribution is 2.29. The first-order chi connectivity index (χ1) is 9.65. The topological polar surface area (TPSA) is 41.3 Å². The maximum atomic E-state index is 10.7. The smallest absolute Gasteiger partial charge is 0.0728 e. The van der Waals surface area contributed by atoms with Gasteiger partial charge in [0.05, 0.1) is 17.3 Å². The van der Waals surface area contributed by atoms with Gasteiger partial charge in [-0.1, -0.05) is 19.3 Å². The van der Waals surface area contributed by atoms with Crippen LogP contribution in [0.2, 0.25) is 0 Å². The highest BCUT2D eigenvalue weighted by molar-refractivity contribution is 5.06. The number of aliphatic hydroxyl groups is 1. The lowest BCUT2D eigenvalue weighted by Gasteiger charge is -2.36. The summed E-state index contributed by atoms with van der Waals surface area (Å²) >= 11 is 0. The van der Waals surface area contributed by atoms with Gasteiger partial charge in [-0.2, -0.15) is 5.10 Å². The van der Waals surface area contributed by atoms with Crippen LogP contribution >= 0.6 is 0 Å². The van der Waals surface area contributed by atoms with Crippen molar-refractivity contribution >= 4 is 0 Å². The Labute approximate surface area is 121 Å². The minimum absolute atomic E-state index is 0.543. The van der Waals surface area contributed by atoms with Crippen molar-refractivity contribution in [1.82, 2.24) is 14.7 Å². The quantitative estimate of drug-likeness (QED) is 0.922. The fourth-order valence-electron chi connectivity index (χ4n) is 3.57. The fraction of sp³-hybridized carbons (Fsp3) is 0.812. The third-order valence-electron chi connectivity index (χ3n) is 5.04. The van der Waals surface area contributed by atoms with Crippen molar-refractivity contribution in [2.24, 2.45) is 0 Å². The molecular formula is C16H27N3O. The van der Waals surface area contributed by atoms with Crippen LogP contribution in [0.4, 0.5) is 0 Å². The molecule has 0 unspecified atom stereocenters. The zero-order valence-corrected chi connectivity index (χ0v) is 12.6. The van der Waals surface area contributed by atoms with E-state index >= 15 is 0 Å². The van der Waals surface area contributed by atoms with Crippen LogP contribution in [0, 0.1) is 0 Å². The molecule has 0 aromatic carbocycles. The minimum Gasteiger partial charge on any atom is -0.389 e. The molecule has 0 radical (unpaired) electrons. The van der Waals surface area contributed by atoms with E-state index in [-0.39, 0.29) is 0 Å². The standard InChI is InChI=1S/C16H27N3O/c1-18-11-8-16(20,9-12-18)13-14-7-10-19(17-14)15-5-3-2-4-6-15/h7,10,15,20H,2-6,8-9,11-13H2,1H3. The van der Waals surface area contributed by atoms with Gasteiger partial charge in [-0.05, 0) is 38.8 Å². The molecule has 2 aliphatic rings. The van der Waals surface area contributed by atoms with Crippen LogP contribution in [-0.4, -0.2) is 45.5 Å². The van der Waals surface area contributed by atoms with Crippen molar-refractivity contribution in [3.05, 3.63) is 18.0 Å². The van der Waals surface area contributed by atoms with Gasteiger partial charge in [0, 0.05) is 25.7 Å². The van der Waals surface area contributed by atoms with Crippen molar-refractivity contribution in [3.8, 4) is 0 Å². The zero-order valence-electron chi connectivity index (χ0n) is 12.6. The van der Waals surface area contributed by atoms with Crippen LogP contribution in [0.15, 0.2) is 12.3 Å². The second-order valence-electron chi connectivity index (χ2n) is 6.78. The first-order valence-electron chi connectivity index (χ1n) is 8.10. The number of aromatic nitrogens is 2. The van der Waals surface area contributed by atoms with Gasteiger partial charge < -0.3 is 10.0 Å². The largest absolute Gasteiger partial charge is 0.389 e. The van der Waals surface area contributed by atoms with Gasteiger partial charge in [-0.3, -0.25) is 4.68 Å². The molecule has 2 heterocycles. The SMILES string of the molecule is CN1CCC(O)(Cc2ccn(C3CCCCC3)n2)CC1. The van der Waals surface area contributed by atoms with Gasteiger partial charge in [0.15, 0.2) is 0 Å². The Hall–Kier alpha value is -0.870. The Bertz CT molecular complexity index is 429. The van der Waals surface area contributed by atoms with Crippen molar-refractivity contribution in [1.29, 1.82) is 0 Å². The molecule has 0 amide bonds. The first-order valence-corrected chi connectivity index (χ1v) is 8.10. The summed E-state index contributed by atoms with van der Waals surface area (Å²) in [7, 11) is 2.12.